The van der Waals surface area contributed by atoms with E-state index in [0.717, 1.165) is 25.9 Å². The van der Waals surface area contributed by atoms with E-state index in [1.165, 1.54) is 18.2 Å². The van der Waals surface area contributed by atoms with E-state index >= 15 is 0 Å². The molecule has 1 fully saturated rings. The number of rotatable bonds is 2. The third-order valence-corrected chi connectivity index (χ3v) is 3.83. The first-order valence-corrected chi connectivity index (χ1v) is 6.82. The molecule has 6 heteroatoms. The molecule has 0 aliphatic carbocycles. The summed E-state index contributed by atoms with van der Waals surface area (Å²) in [5.41, 5.74) is 0.675. The summed E-state index contributed by atoms with van der Waals surface area (Å²) >= 11 is 6.01. The molecule has 0 spiro atoms. The van der Waals surface area contributed by atoms with Crippen molar-refractivity contribution < 1.29 is 13.0 Å². The molecule has 2 rings (SSSR count). The van der Waals surface area contributed by atoms with Crippen LogP contribution in [-0.2, 0) is 10.1 Å². The molecule has 0 amide bonds. The highest BCUT2D eigenvalue weighted by molar-refractivity contribution is 7.85. The maximum atomic E-state index is 11.0. The van der Waals surface area contributed by atoms with Crippen molar-refractivity contribution in [2.75, 3.05) is 18.0 Å². The van der Waals surface area contributed by atoms with Crippen molar-refractivity contribution in [1.82, 2.24) is 0 Å². The summed E-state index contributed by atoms with van der Waals surface area (Å²) in [7, 11) is -4.16. The van der Waals surface area contributed by atoms with Gasteiger partial charge in [0.25, 0.3) is 10.1 Å². The highest BCUT2D eigenvalue weighted by atomic mass is 35.5. The van der Waals surface area contributed by atoms with Crippen LogP contribution in [0.2, 0.25) is 5.02 Å². The van der Waals surface area contributed by atoms with Crippen LogP contribution in [-0.4, -0.2) is 26.1 Å². The van der Waals surface area contributed by atoms with Gasteiger partial charge in [-0.15, -0.1) is 0 Å². The van der Waals surface area contributed by atoms with Crippen LogP contribution in [0.15, 0.2) is 23.1 Å². The van der Waals surface area contributed by atoms with Gasteiger partial charge >= 0.3 is 0 Å². The lowest BCUT2D eigenvalue weighted by atomic mass is 10.3. The topological polar surface area (TPSA) is 57.6 Å². The van der Waals surface area contributed by atoms with Crippen molar-refractivity contribution in [3.63, 3.8) is 0 Å². The third kappa shape index (κ3) is 2.31. The number of benzene rings is 1. The van der Waals surface area contributed by atoms with Gasteiger partial charge in [-0.25, -0.2) is 0 Å². The minimum absolute atomic E-state index is 0.112. The maximum Gasteiger partial charge on any atom is 0.294 e. The molecule has 0 unspecified atom stereocenters. The Hall–Kier alpha value is -0.780. The Bertz CT molecular complexity index is 495. The van der Waals surface area contributed by atoms with E-state index in [2.05, 4.69) is 0 Å². The van der Waals surface area contributed by atoms with Crippen molar-refractivity contribution in [2.45, 2.75) is 17.7 Å². The van der Waals surface area contributed by atoms with Gasteiger partial charge in [-0.05, 0) is 31.0 Å². The predicted molar refractivity (Wildman–Crippen MR) is 62.7 cm³/mol. The fourth-order valence-electron chi connectivity index (χ4n) is 1.85. The number of halogens is 1. The lowest BCUT2D eigenvalue weighted by Gasteiger charge is -2.19. The Morgan fingerprint density at radius 2 is 1.88 bits per heavy atom. The van der Waals surface area contributed by atoms with Gasteiger partial charge < -0.3 is 4.90 Å². The minimum Gasteiger partial charge on any atom is -0.370 e. The predicted octanol–water partition coefficient (Wildman–Crippen LogP) is 2.19. The fraction of sp³-hybridized carbons (Fsp3) is 0.400. The van der Waals surface area contributed by atoms with Gasteiger partial charge in [0.15, 0.2) is 0 Å². The van der Waals surface area contributed by atoms with Crippen molar-refractivity contribution in [3.8, 4) is 0 Å². The Morgan fingerprint density at radius 3 is 2.44 bits per heavy atom. The van der Waals surface area contributed by atoms with E-state index in [1.807, 2.05) is 4.90 Å². The Labute approximate surface area is 99.6 Å². The molecule has 1 aromatic rings. The molecule has 88 valence electrons. The largest absolute Gasteiger partial charge is 0.370 e. The van der Waals surface area contributed by atoms with Crippen LogP contribution in [0.5, 0.6) is 0 Å². The smallest absolute Gasteiger partial charge is 0.294 e. The molecule has 1 N–H and O–H groups in total. The zero-order valence-corrected chi connectivity index (χ0v) is 10.1. The average Bonchev–Trinajstić information content (AvgIpc) is 2.69. The highest BCUT2D eigenvalue weighted by Gasteiger charge is 2.18. The molecule has 0 radical (unpaired) electrons. The molecule has 0 atom stereocenters. The first-order valence-electron chi connectivity index (χ1n) is 5.00. The van der Waals surface area contributed by atoms with E-state index in [9.17, 15) is 8.42 Å². The molecule has 1 heterocycles. The summed E-state index contributed by atoms with van der Waals surface area (Å²) in [5, 5.41) is 0.509. The molecule has 1 saturated heterocycles. The fourth-order valence-corrected chi connectivity index (χ4v) is 2.59. The first-order chi connectivity index (χ1) is 7.48. The third-order valence-electron chi connectivity index (χ3n) is 2.66. The number of anilines is 1. The van der Waals surface area contributed by atoms with Crippen molar-refractivity contribution in [1.29, 1.82) is 0 Å². The summed E-state index contributed by atoms with van der Waals surface area (Å²) in [5.74, 6) is 0. The average molecular weight is 262 g/mol. The molecular formula is C10H12ClNO3S. The van der Waals surface area contributed by atoms with Crippen molar-refractivity contribution in [3.05, 3.63) is 23.2 Å². The molecule has 1 aliphatic rings. The second-order valence-electron chi connectivity index (χ2n) is 3.78. The second kappa shape index (κ2) is 4.24. The SMILES string of the molecule is O=S(=O)(O)c1ccc(Cl)c(N2CCCC2)c1. The molecule has 0 bridgehead atoms. The molecule has 1 aromatic carbocycles. The number of hydrogen-bond donors (Lipinski definition) is 1. The van der Waals surface area contributed by atoms with Gasteiger partial charge in [0.1, 0.15) is 0 Å². The van der Waals surface area contributed by atoms with E-state index in [1.54, 1.807) is 0 Å². The standard InChI is InChI=1S/C10H12ClNO3S/c11-9-4-3-8(16(13,14)15)7-10(9)12-5-1-2-6-12/h3-4,7H,1-2,5-6H2,(H,13,14,15). The van der Waals surface area contributed by atoms with Crippen LogP contribution in [0.1, 0.15) is 12.8 Å². The number of nitrogens with zero attached hydrogens (tertiary/aromatic N) is 1. The van der Waals surface area contributed by atoms with Gasteiger partial charge in [-0.3, -0.25) is 4.55 Å². The monoisotopic (exact) mass is 261 g/mol. The molecule has 1 aliphatic heterocycles. The Balaban J connectivity index is 2.44. The molecule has 16 heavy (non-hydrogen) atoms. The lowest BCUT2D eigenvalue weighted by molar-refractivity contribution is 0.483. The minimum atomic E-state index is -4.16. The van der Waals surface area contributed by atoms with E-state index < -0.39 is 10.1 Å². The van der Waals surface area contributed by atoms with Crippen LogP contribution in [0, 0.1) is 0 Å². The summed E-state index contributed by atoms with van der Waals surface area (Å²) in [6.45, 7) is 1.74. The van der Waals surface area contributed by atoms with Crippen LogP contribution < -0.4 is 4.90 Å². The Kier molecular flexibility index (Phi) is 3.10. The van der Waals surface area contributed by atoms with Gasteiger partial charge in [0.2, 0.25) is 0 Å². The quantitative estimate of drug-likeness (QED) is 0.829. The zero-order chi connectivity index (χ0) is 11.8. The normalized spacial score (nSPS) is 16.8. The molecule has 4 nitrogen and oxygen atoms in total. The van der Waals surface area contributed by atoms with E-state index in [0.29, 0.717) is 10.7 Å². The van der Waals surface area contributed by atoms with Crippen molar-refractivity contribution in [2.24, 2.45) is 0 Å². The van der Waals surface area contributed by atoms with Crippen molar-refractivity contribution >= 4 is 27.4 Å². The second-order valence-corrected chi connectivity index (χ2v) is 5.61. The van der Waals surface area contributed by atoms with Crippen LogP contribution >= 0.6 is 11.6 Å². The van der Waals surface area contributed by atoms with E-state index in [-0.39, 0.29) is 4.90 Å². The summed E-state index contributed by atoms with van der Waals surface area (Å²) < 4.78 is 31.0. The van der Waals surface area contributed by atoms with Gasteiger partial charge in [0, 0.05) is 13.1 Å². The zero-order valence-electron chi connectivity index (χ0n) is 8.56. The van der Waals surface area contributed by atoms with Gasteiger partial charge in [-0.2, -0.15) is 8.42 Å². The lowest BCUT2D eigenvalue weighted by Crippen LogP contribution is -2.18. The van der Waals surface area contributed by atoms with Crippen LogP contribution in [0.25, 0.3) is 0 Å². The van der Waals surface area contributed by atoms with Gasteiger partial charge in [-0.1, -0.05) is 11.6 Å². The Morgan fingerprint density at radius 1 is 1.25 bits per heavy atom. The highest BCUT2D eigenvalue weighted by Crippen LogP contribution is 2.30. The summed E-state index contributed by atoms with van der Waals surface area (Å²) in [4.78, 5) is 1.91. The van der Waals surface area contributed by atoms with E-state index in [4.69, 9.17) is 16.2 Å². The molecule has 0 saturated carbocycles. The first kappa shape index (κ1) is 11.7. The van der Waals surface area contributed by atoms with Gasteiger partial charge in [0.05, 0.1) is 15.6 Å². The number of hydrogen-bond acceptors (Lipinski definition) is 3. The van der Waals surface area contributed by atoms with Crippen LogP contribution in [0.3, 0.4) is 0 Å². The summed E-state index contributed by atoms with van der Waals surface area (Å²) in [6, 6.07) is 4.22. The molecular weight excluding hydrogens is 250 g/mol. The van der Waals surface area contributed by atoms with Crippen LogP contribution in [0.4, 0.5) is 5.69 Å². The summed E-state index contributed by atoms with van der Waals surface area (Å²) in [6.07, 6.45) is 2.15. The molecule has 0 aromatic heterocycles. The maximum absolute atomic E-state index is 11.0.